The van der Waals surface area contributed by atoms with E-state index in [1.807, 2.05) is 30.3 Å². The van der Waals surface area contributed by atoms with Gasteiger partial charge in [0.1, 0.15) is 0 Å². The van der Waals surface area contributed by atoms with Crippen molar-refractivity contribution in [3.63, 3.8) is 0 Å². The molecule has 7 aromatic carbocycles. The second kappa shape index (κ2) is 12.5. The zero-order valence-corrected chi connectivity index (χ0v) is 28.6. The molecule has 0 saturated carbocycles. The van der Waals surface area contributed by atoms with E-state index in [2.05, 4.69) is 159 Å². The van der Waals surface area contributed by atoms with Crippen LogP contribution in [-0.4, -0.2) is 15.0 Å². The third-order valence-corrected chi connectivity index (χ3v) is 10.2. The molecule has 0 unspecified atom stereocenters. The van der Waals surface area contributed by atoms with Crippen molar-refractivity contribution in [3.05, 3.63) is 187 Å². The number of aromatic nitrogens is 3. The van der Waals surface area contributed by atoms with Gasteiger partial charge in [-0.1, -0.05) is 178 Å². The van der Waals surface area contributed by atoms with E-state index in [9.17, 15) is 0 Å². The van der Waals surface area contributed by atoms with Crippen LogP contribution in [0.15, 0.2) is 176 Å². The summed E-state index contributed by atoms with van der Waals surface area (Å²) in [5.74, 6) is 1.93. The smallest absolute Gasteiger partial charge is 0.164 e. The zero-order chi connectivity index (χ0) is 34.4. The fourth-order valence-electron chi connectivity index (χ4n) is 7.63. The number of benzene rings is 7. The highest BCUT2D eigenvalue weighted by Crippen LogP contribution is 2.52. The van der Waals surface area contributed by atoms with Gasteiger partial charge in [-0.25, -0.2) is 15.0 Å². The van der Waals surface area contributed by atoms with Gasteiger partial charge in [-0.05, 0) is 67.8 Å². The van der Waals surface area contributed by atoms with Gasteiger partial charge in [0.25, 0.3) is 0 Å². The number of nitrogens with zero attached hydrogens (tertiary/aromatic N) is 3. The number of rotatable bonds is 6. The SMILES string of the molecule is CC1(C)c2ccccc2-c2cccc(-c3ccc(-c4nc(-c5ccccc5)nc(-c5ccc(-c6ccccc6)cc5-c5ccccc5)n4)cc3)c21. The Balaban J connectivity index is 1.17. The summed E-state index contributed by atoms with van der Waals surface area (Å²) in [5.41, 5.74) is 15.1. The maximum absolute atomic E-state index is 5.18. The van der Waals surface area contributed by atoms with Crippen molar-refractivity contribution in [1.82, 2.24) is 15.0 Å². The Bertz CT molecular complexity index is 2520. The van der Waals surface area contributed by atoms with E-state index in [1.165, 1.54) is 38.9 Å². The molecule has 51 heavy (non-hydrogen) atoms. The summed E-state index contributed by atoms with van der Waals surface area (Å²) in [5, 5.41) is 0. The first-order chi connectivity index (χ1) is 25.0. The Kier molecular flexibility index (Phi) is 7.48. The minimum absolute atomic E-state index is 0.0958. The zero-order valence-electron chi connectivity index (χ0n) is 28.6. The number of hydrogen-bond acceptors (Lipinski definition) is 3. The first kappa shape index (κ1) is 30.6. The van der Waals surface area contributed by atoms with Gasteiger partial charge in [-0.2, -0.15) is 0 Å². The maximum atomic E-state index is 5.18. The predicted octanol–water partition coefficient (Wildman–Crippen LogP) is 12.2. The first-order valence-electron chi connectivity index (χ1n) is 17.5. The molecule has 0 aliphatic heterocycles. The molecule has 3 heteroatoms. The van der Waals surface area contributed by atoms with Crippen LogP contribution in [0.4, 0.5) is 0 Å². The molecule has 8 aromatic rings. The minimum atomic E-state index is -0.0958. The van der Waals surface area contributed by atoms with Gasteiger partial charge in [-0.3, -0.25) is 0 Å². The maximum Gasteiger partial charge on any atom is 0.164 e. The summed E-state index contributed by atoms with van der Waals surface area (Å²) in [7, 11) is 0. The molecule has 1 heterocycles. The van der Waals surface area contributed by atoms with Crippen LogP contribution in [0.5, 0.6) is 0 Å². The average molecular weight is 654 g/mol. The Hall–Kier alpha value is -6.45. The van der Waals surface area contributed by atoms with Crippen molar-refractivity contribution in [2.75, 3.05) is 0 Å². The van der Waals surface area contributed by atoms with Crippen LogP contribution in [0.2, 0.25) is 0 Å². The molecule has 0 radical (unpaired) electrons. The van der Waals surface area contributed by atoms with Crippen molar-refractivity contribution in [2.24, 2.45) is 0 Å². The van der Waals surface area contributed by atoms with Gasteiger partial charge in [-0.15, -0.1) is 0 Å². The van der Waals surface area contributed by atoms with E-state index in [0.717, 1.165) is 33.4 Å². The highest BCUT2D eigenvalue weighted by atomic mass is 15.0. The fourth-order valence-corrected chi connectivity index (χ4v) is 7.63. The molecule has 1 aromatic heterocycles. The molecule has 0 atom stereocenters. The molecule has 1 aliphatic carbocycles. The molecule has 0 N–H and O–H groups in total. The summed E-state index contributed by atoms with van der Waals surface area (Å²) in [6.07, 6.45) is 0. The molecule has 1 aliphatic rings. The summed E-state index contributed by atoms with van der Waals surface area (Å²) in [6, 6.07) is 61.9. The van der Waals surface area contributed by atoms with E-state index >= 15 is 0 Å². The van der Waals surface area contributed by atoms with Crippen LogP contribution >= 0.6 is 0 Å². The number of hydrogen-bond donors (Lipinski definition) is 0. The number of fused-ring (bicyclic) bond motifs is 3. The minimum Gasteiger partial charge on any atom is -0.208 e. The van der Waals surface area contributed by atoms with Crippen molar-refractivity contribution in [3.8, 4) is 78.7 Å². The second-order valence-corrected chi connectivity index (χ2v) is 13.6. The van der Waals surface area contributed by atoms with E-state index in [0.29, 0.717) is 17.5 Å². The van der Waals surface area contributed by atoms with E-state index in [4.69, 9.17) is 15.0 Å². The largest absolute Gasteiger partial charge is 0.208 e. The third-order valence-electron chi connectivity index (χ3n) is 10.2. The van der Waals surface area contributed by atoms with Gasteiger partial charge >= 0.3 is 0 Å². The van der Waals surface area contributed by atoms with Crippen LogP contribution in [0, 0.1) is 0 Å². The molecule has 3 nitrogen and oxygen atoms in total. The lowest BCUT2D eigenvalue weighted by molar-refractivity contribution is 0.662. The normalized spacial score (nSPS) is 12.7. The molecule has 9 rings (SSSR count). The Morgan fingerprint density at radius 1 is 0.314 bits per heavy atom. The van der Waals surface area contributed by atoms with Crippen LogP contribution < -0.4 is 0 Å². The Morgan fingerprint density at radius 3 is 1.47 bits per heavy atom. The summed E-state index contributed by atoms with van der Waals surface area (Å²) in [4.78, 5) is 15.3. The summed E-state index contributed by atoms with van der Waals surface area (Å²) < 4.78 is 0. The van der Waals surface area contributed by atoms with Crippen LogP contribution in [0.25, 0.3) is 78.7 Å². The van der Waals surface area contributed by atoms with Crippen molar-refractivity contribution < 1.29 is 0 Å². The van der Waals surface area contributed by atoms with E-state index in [-0.39, 0.29) is 5.41 Å². The Morgan fingerprint density at radius 2 is 0.784 bits per heavy atom. The quantitative estimate of drug-likeness (QED) is 0.179. The van der Waals surface area contributed by atoms with Crippen LogP contribution in [0.1, 0.15) is 25.0 Å². The first-order valence-corrected chi connectivity index (χ1v) is 17.5. The van der Waals surface area contributed by atoms with Gasteiger partial charge in [0, 0.05) is 22.1 Å². The van der Waals surface area contributed by atoms with Crippen molar-refractivity contribution in [2.45, 2.75) is 19.3 Å². The standard InChI is InChI=1S/C48H35N3/c1-48(2)43-24-13-12-21-39(43)40-23-14-22-38(44(40)48)34-25-27-36(28-26-34)46-49-45(35-19-10-5-11-20-35)50-47(51-46)41-30-29-37(32-15-6-3-7-16-32)31-42(41)33-17-8-4-9-18-33/h3-31H,1-2H3. The van der Waals surface area contributed by atoms with Crippen molar-refractivity contribution >= 4 is 0 Å². The molecule has 242 valence electrons. The molecule has 0 spiro atoms. The summed E-state index contributed by atoms with van der Waals surface area (Å²) >= 11 is 0. The van der Waals surface area contributed by atoms with Gasteiger partial charge < -0.3 is 0 Å². The molecular formula is C48H35N3. The third kappa shape index (κ3) is 5.44. The lowest BCUT2D eigenvalue weighted by Gasteiger charge is -2.24. The lowest BCUT2D eigenvalue weighted by Crippen LogP contribution is -2.16. The van der Waals surface area contributed by atoms with Crippen LogP contribution in [-0.2, 0) is 5.41 Å². The summed E-state index contributed by atoms with van der Waals surface area (Å²) in [6.45, 7) is 4.67. The van der Waals surface area contributed by atoms with E-state index < -0.39 is 0 Å². The molecule has 0 bridgehead atoms. The average Bonchev–Trinajstić information content (AvgIpc) is 3.44. The Labute approximate surface area is 299 Å². The van der Waals surface area contributed by atoms with Gasteiger partial charge in [0.2, 0.25) is 0 Å². The highest BCUT2D eigenvalue weighted by molar-refractivity contribution is 5.89. The molecule has 0 fully saturated rings. The van der Waals surface area contributed by atoms with Crippen molar-refractivity contribution in [1.29, 1.82) is 0 Å². The fraction of sp³-hybridized carbons (Fsp3) is 0.0625. The van der Waals surface area contributed by atoms with E-state index in [1.54, 1.807) is 0 Å². The topological polar surface area (TPSA) is 38.7 Å². The van der Waals surface area contributed by atoms with Crippen LogP contribution in [0.3, 0.4) is 0 Å². The second-order valence-electron chi connectivity index (χ2n) is 13.6. The lowest BCUT2D eigenvalue weighted by atomic mass is 9.79. The highest BCUT2D eigenvalue weighted by Gasteiger charge is 2.37. The monoisotopic (exact) mass is 653 g/mol. The molecule has 0 amide bonds. The van der Waals surface area contributed by atoms with Gasteiger partial charge in [0.05, 0.1) is 0 Å². The predicted molar refractivity (Wildman–Crippen MR) is 210 cm³/mol. The molecule has 0 saturated heterocycles. The molecular weight excluding hydrogens is 619 g/mol. The van der Waals surface area contributed by atoms with Gasteiger partial charge in [0.15, 0.2) is 17.5 Å².